The van der Waals surface area contributed by atoms with Crippen molar-refractivity contribution in [2.45, 2.75) is 13.0 Å². The van der Waals surface area contributed by atoms with Crippen LogP contribution in [0.2, 0.25) is 0 Å². The number of hydrogen-bond acceptors (Lipinski definition) is 4. The molecule has 3 aromatic rings. The van der Waals surface area contributed by atoms with Crippen molar-refractivity contribution in [2.24, 2.45) is 7.05 Å². The summed E-state index contributed by atoms with van der Waals surface area (Å²) in [7, 11) is 3.26. The van der Waals surface area contributed by atoms with E-state index in [4.69, 9.17) is 17.0 Å². The van der Waals surface area contributed by atoms with Gasteiger partial charge in [-0.05, 0) is 12.2 Å². The van der Waals surface area contributed by atoms with Crippen molar-refractivity contribution >= 4 is 23.3 Å². The molecule has 6 nitrogen and oxygen atoms in total. The highest BCUT2D eigenvalue weighted by Gasteiger charge is 2.11. The number of methoxy groups -OCH3 is 1. The molecule has 110 valence electrons. The Morgan fingerprint density at radius 2 is 2.24 bits per heavy atom. The maximum atomic E-state index is 13.7. The van der Waals surface area contributed by atoms with Gasteiger partial charge < -0.3 is 14.3 Å². The van der Waals surface area contributed by atoms with Crippen molar-refractivity contribution in [1.29, 1.82) is 0 Å². The fourth-order valence-electron chi connectivity index (χ4n) is 2.25. The number of nitrogens with zero attached hydrogens (tertiary/aromatic N) is 4. The summed E-state index contributed by atoms with van der Waals surface area (Å²) < 4.78 is 22.8. The highest BCUT2D eigenvalue weighted by Crippen LogP contribution is 2.24. The van der Waals surface area contributed by atoms with Gasteiger partial charge >= 0.3 is 0 Å². The molecule has 8 heteroatoms. The minimum absolute atomic E-state index is 0.196. The minimum atomic E-state index is -0.417. The van der Waals surface area contributed by atoms with E-state index in [0.717, 1.165) is 11.3 Å². The maximum absolute atomic E-state index is 13.7. The van der Waals surface area contributed by atoms with Crippen LogP contribution in [0.15, 0.2) is 18.5 Å². The van der Waals surface area contributed by atoms with Gasteiger partial charge in [-0.15, -0.1) is 0 Å². The molecule has 0 saturated heterocycles. The fraction of sp³-hybridized carbons (Fsp3) is 0.308. The molecule has 0 aliphatic heterocycles. The lowest BCUT2D eigenvalue weighted by molar-refractivity contribution is 0.387. The molecule has 1 aromatic carbocycles. The van der Waals surface area contributed by atoms with Crippen LogP contribution in [0.25, 0.3) is 11.0 Å². The number of nitrogens with one attached hydrogen (secondary N) is 1. The summed E-state index contributed by atoms with van der Waals surface area (Å²) in [5, 5.41) is 4.23. The zero-order valence-corrected chi connectivity index (χ0v) is 12.4. The van der Waals surface area contributed by atoms with E-state index in [9.17, 15) is 4.39 Å². The van der Waals surface area contributed by atoms with Crippen molar-refractivity contribution in [2.75, 3.05) is 7.11 Å². The number of halogens is 1. The lowest BCUT2D eigenvalue weighted by atomic mass is 10.2. The molecule has 2 aromatic heterocycles. The van der Waals surface area contributed by atoms with Crippen molar-refractivity contribution in [3.63, 3.8) is 0 Å². The van der Waals surface area contributed by atoms with Crippen LogP contribution in [0.1, 0.15) is 5.82 Å². The van der Waals surface area contributed by atoms with Crippen LogP contribution < -0.4 is 4.74 Å². The monoisotopic (exact) mass is 307 g/mol. The largest absolute Gasteiger partial charge is 0.494 e. The van der Waals surface area contributed by atoms with Gasteiger partial charge in [0.05, 0.1) is 18.1 Å². The third-order valence-corrected chi connectivity index (χ3v) is 3.58. The Morgan fingerprint density at radius 3 is 2.90 bits per heavy atom. The Bertz CT molecular complexity index is 850. The standard InChI is InChI=1S/C13H14FN5OS/c1-18-7-15-12(17-18)3-4-19-10-6-11(20-2)8(14)5-9(10)16-13(19)21/h5-7H,3-4H2,1-2H3,(H,16,21). The summed E-state index contributed by atoms with van der Waals surface area (Å²) in [6.45, 7) is 0.609. The Hall–Kier alpha value is -2.22. The minimum Gasteiger partial charge on any atom is -0.494 e. The first-order valence-electron chi connectivity index (χ1n) is 6.39. The molecule has 0 spiro atoms. The summed E-state index contributed by atoms with van der Waals surface area (Å²) >= 11 is 5.29. The highest BCUT2D eigenvalue weighted by atomic mass is 32.1. The number of aromatic amines is 1. The van der Waals surface area contributed by atoms with Gasteiger partial charge in [-0.3, -0.25) is 4.68 Å². The van der Waals surface area contributed by atoms with Crippen LogP contribution in [0.5, 0.6) is 5.75 Å². The van der Waals surface area contributed by atoms with Gasteiger partial charge in [0.2, 0.25) is 0 Å². The average molecular weight is 307 g/mol. The summed E-state index contributed by atoms with van der Waals surface area (Å²) in [5.74, 6) is 0.517. The Balaban J connectivity index is 1.97. The van der Waals surface area contributed by atoms with Crippen LogP contribution in [0.3, 0.4) is 0 Å². The van der Waals surface area contributed by atoms with Crippen molar-refractivity contribution in [3.8, 4) is 5.75 Å². The summed E-state index contributed by atoms with van der Waals surface area (Å²) in [4.78, 5) is 7.18. The number of hydrogen-bond donors (Lipinski definition) is 1. The number of imidazole rings is 1. The van der Waals surface area contributed by atoms with E-state index in [1.165, 1.54) is 13.2 Å². The number of aromatic nitrogens is 5. The lowest BCUT2D eigenvalue weighted by Crippen LogP contribution is -2.03. The molecule has 0 atom stereocenters. The molecular weight excluding hydrogens is 293 g/mol. The van der Waals surface area contributed by atoms with Gasteiger partial charge in [0, 0.05) is 32.1 Å². The lowest BCUT2D eigenvalue weighted by Gasteiger charge is -2.05. The zero-order valence-electron chi connectivity index (χ0n) is 11.6. The van der Waals surface area contributed by atoms with Gasteiger partial charge in [0.1, 0.15) is 6.33 Å². The second kappa shape index (κ2) is 5.28. The van der Waals surface area contributed by atoms with Crippen molar-refractivity contribution < 1.29 is 9.13 Å². The predicted octanol–water partition coefficient (Wildman–Crippen LogP) is 2.22. The normalized spacial score (nSPS) is 11.2. The molecule has 0 radical (unpaired) electrons. The smallest absolute Gasteiger partial charge is 0.178 e. The van der Waals surface area contributed by atoms with E-state index >= 15 is 0 Å². The number of aryl methyl sites for hydroxylation is 3. The van der Waals surface area contributed by atoms with Crippen LogP contribution in [0, 0.1) is 10.6 Å². The van der Waals surface area contributed by atoms with Crippen LogP contribution in [-0.2, 0) is 20.0 Å². The first-order chi connectivity index (χ1) is 10.1. The summed E-state index contributed by atoms with van der Waals surface area (Å²) in [6.07, 6.45) is 2.30. The Morgan fingerprint density at radius 1 is 1.43 bits per heavy atom. The first kappa shape index (κ1) is 13.7. The molecule has 2 heterocycles. The summed E-state index contributed by atoms with van der Waals surface area (Å²) in [5.41, 5.74) is 1.45. The third kappa shape index (κ3) is 2.54. The van der Waals surface area contributed by atoms with Crippen molar-refractivity contribution in [1.82, 2.24) is 24.3 Å². The molecule has 3 rings (SSSR count). The van der Waals surface area contributed by atoms with Crippen LogP contribution in [-0.4, -0.2) is 31.4 Å². The molecule has 1 N–H and O–H groups in total. The molecule has 0 bridgehead atoms. The first-order valence-corrected chi connectivity index (χ1v) is 6.80. The third-order valence-electron chi connectivity index (χ3n) is 3.25. The van der Waals surface area contributed by atoms with Gasteiger partial charge in [-0.25, -0.2) is 9.37 Å². The van der Waals surface area contributed by atoms with E-state index in [1.807, 2.05) is 11.6 Å². The molecule has 21 heavy (non-hydrogen) atoms. The predicted molar refractivity (Wildman–Crippen MR) is 78.3 cm³/mol. The Labute approximate surface area is 125 Å². The molecule has 0 amide bonds. The number of H-pyrrole nitrogens is 1. The topological polar surface area (TPSA) is 60.7 Å². The molecular formula is C13H14FN5OS. The summed E-state index contributed by atoms with van der Waals surface area (Å²) in [6, 6.07) is 3.03. The molecule has 0 aliphatic carbocycles. The SMILES string of the molecule is COc1cc2c(cc1F)[nH]c(=S)n2CCc1ncn(C)n1. The highest BCUT2D eigenvalue weighted by molar-refractivity contribution is 7.71. The van der Waals surface area contributed by atoms with Crippen molar-refractivity contribution in [3.05, 3.63) is 34.9 Å². The van der Waals surface area contributed by atoms with Gasteiger partial charge in [-0.2, -0.15) is 5.10 Å². The average Bonchev–Trinajstić information content (AvgIpc) is 2.98. The quantitative estimate of drug-likeness (QED) is 0.751. The Kier molecular flexibility index (Phi) is 3.46. The number of rotatable bonds is 4. The fourth-order valence-corrected chi connectivity index (χ4v) is 2.55. The molecule has 0 unspecified atom stereocenters. The van der Waals surface area contributed by atoms with E-state index in [2.05, 4.69) is 15.1 Å². The van der Waals surface area contributed by atoms with E-state index < -0.39 is 5.82 Å². The molecule has 0 aliphatic rings. The number of ether oxygens (including phenoxy) is 1. The number of benzene rings is 1. The molecule has 0 fully saturated rings. The van der Waals surface area contributed by atoms with Gasteiger partial charge in [0.25, 0.3) is 0 Å². The van der Waals surface area contributed by atoms with Gasteiger partial charge in [0.15, 0.2) is 22.2 Å². The van der Waals surface area contributed by atoms with Gasteiger partial charge in [-0.1, -0.05) is 0 Å². The second-order valence-electron chi connectivity index (χ2n) is 4.67. The van der Waals surface area contributed by atoms with Crippen LogP contribution >= 0.6 is 12.2 Å². The molecule has 0 saturated carbocycles. The number of fused-ring (bicyclic) bond motifs is 1. The van der Waals surface area contributed by atoms with E-state index in [1.54, 1.807) is 17.1 Å². The van der Waals surface area contributed by atoms with E-state index in [0.29, 0.717) is 23.3 Å². The van der Waals surface area contributed by atoms with E-state index in [-0.39, 0.29) is 5.75 Å². The maximum Gasteiger partial charge on any atom is 0.178 e. The zero-order chi connectivity index (χ0) is 15.0. The van der Waals surface area contributed by atoms with Crippen LogP contribution in [0.4, 0.5) is 4.39 Å². The second-order valence-corrected chi connectivity index (χ2v) is 5.06.